The van der Waals surface area contributed by atoms with Crippen molar-refractivity contribution in [1.29, 1.82) is 0 Å². The lowest BCUT2D eigenvalue weighted by molar-refractivity contribution is -0.192. The van der Waals surface area contributed by atoms with Crippen LogP contribution in [0.1, 0.15) is 51.2 Å². The molecule has 1 aromatic heterocycles. The van der Waals surface area contributed by atoms with Crippen LogP contribution >= 0.6 is 0 Å². The average Bonchev–Trinajstić information content (AvgIpc) is 3.06. The molecule has 0 bridgehead atoms. The Morgan fingerprint density at radius 2 is 1.97 bits per heavy atom. The summed E-state index contributed by atoms with van der Waals surface area (Å²) in [5.41, 5.74) is 1.22. The summed E-state index contributed by atoms with van der Waals surface area (Å²) in [7, 11) is 0. The Labute approximate surface area is 168 Å². The van der Waals surface area contributed by atoms with E-state index in [4.69, 9.17) is 19.4 Å². The molecule has 29 heavy (non-hydrogen) atoms. The van der Waals surface area contributed by atoms with Crippen molar-refractivity contribution in [3.8, 4) is 0 Å². The third-order valence-corrected chi connectivity index (χ3v) is 5.27. The van der Waals surface area contributed by atoms with Gasteiger partial charge >= 0.3 is 12.1 Å². The first-order valence-electron chi connectivity index (χ1n) is 9.86. The lowest BCUT2D eigenvalue weighted by atomic mass is 10.0. The number of carbonyl (C=O) groups is 1. The Morgan fingerprint density at radius 1 is 1.34 bits per heavy atom. The Hall–Kier alpha value is -1.65. The number of ether oxygens (including phenoxy) is 2. The maximum Gasteiger partial charge on any atom is 0.490 e. The molecule has 1 N–H and O–H groups in total. The van der Waals surface area contributed by atoms with E-state index in [0.29, 0.717) is 24.6 Å². The molecule has 1 fully saturated rings. The van der Waals surface area contributed by atoms with Crippen LogP contribution in [0.5, 0.6) is 0 Å². The molecule has 0 saturated carbocycles. The van der Waals surface area contributed by atoms with Crippen molar-refractivity contribution in [3.05, 3.63) is 17.7 Å². The Morgan fingerprint density at radius 3 is 2.52 bits per heavy atom. The maximum absolute atomic E-state index is 10.6. The average molecular weight is 421 g/mol. The highest BCUT2D eigenvalue weighted by Gasteiger charge is 2.38. The van der Waals surface area contributed by atoms with Crippen LogP contribution in [0.15, 0.2) is 6.20 Å². The summed E-state index contributed by atoms with van der Waals surface area (Å²) in [5, 5.41) is 7.12. The van der Waals surface area contributed by atoms with Crippen LogP contribution in [0.25, 0.3) is 0 Å². The number of nitrogens with zero attached hydrogens (tertiary/aromatic N) is 3. The van der Waals surface area contributed by atoms with Crippen LogP contribution in [-0.2, 0) is 27.4 Å². The summed E-state index contributed by atoms with van der Waals surface area (Å²) < 4.78 is 45.4. The molecule has 2 aliphatic heterocycles. The van der Waals surface area contributed by atoms with Crippen molar-refractivity contribution in [3.63, 3.8) is 0 Å². The fraction of sp³-hybridized carbons (Fsp3) is 0.789. The molecule has 1 atom stereocenters. The van der Waals surface area contributed by atoms with Gasteiger partial charge in [0.05, 0.1) is 31.1 Å². The molecular weight excluding hydrogens is 391 g/mol. The van der Waals surface area contributed by atoms with Gasteiger partial charge in [0.15, 0.2) is 0 Å². The third kappa shape index (κ3) is 6.68. The SMILES string of the molecule is CC(C)N1CCn2c(COCC3CCOCC3)cnc2C1C.O=C(O)C(F)(F)F. The van der Waals surface area contributed by atoms with Crippen molar-refractivity contribution in [1.82, 2.24) is 14.5 Å². The maximum atomic E-state index is 10.6. The molecule has 3 rings (SSSR count). The van der Waals surface area contributed by atoms with E-state index in [1.54, 1.807) is 0 Å². The van der Waals surface area contributed by atoms with Crippen LogP contribution in [0.2, 0.25) is 0 Å². The van der Waals surface area contributed by atoms with Gasteiger partial charge in [-0.15, -0.1) is 0 Å². The van der Waals surface area contributed by atoms with Crippen LogP contribution in [0, 0.1) is 5.92 Å². The predicted octanol–water partition coefficient (Wildman–Crippen LogP) is 3.24. The summed E-state index contributed by atoms with van der Waals surface area (Å²) in [4.78, 5) is 16.1. The lowest BCUT2D eigenvalue weighted by Gasteiger charge is -2.37. The molecule has 1 aromatic rings. The minimum absolute atomic E-state index is 0.387. The number of aliphatic carboxylic acids is 1. The number of imidazole rings is 1. The highest BCUT2D eigenvalue weighted by atomic mass is 19.4. The van der Waals surface area contributed by atoms with E-state index >= 15 is 0 Å². The predicted molar refractivity (Wildman–Crippen MR) is 99.4 cm³/mol. The number of hydrogen-bond donors (Lipinski definition) is 1. The van der Waals surface area contributed by atoms with E-state index in [0.717, 1.165) is 45.8 Å². The first-order chi connectivity index (χ1) is 13.6. The molecule has 0 spiro atoms. The zero-order chi connectivity index (χ0) is 21.6. The van der Waals surface area contributed by atoms with Crippen LogP contribution < -0.4 is 0 Å². The smallest absolute Gasteiger partial charge is 0.475 e. The van der Waals surface area contributed by atoms with Crippen molar-refractivity contribution in [2.45, 2.75) is 65.0 Å². The van der Waals surface area contributed by atoms with E-state index < -0.39 is 12.1 Å². The molecule has 7 nitrogen and oxygen atoms in total. The minimum Gasteiger partial charge on any atom is -0.475 e. The first kappa shape index (κ1) is 23.6. The Bertz CT molecular complexity index is 658. The van der Waals surface area contributed by atoms with Crippen LogP contribution in [-0.4, -0.2) is 64.1 Å². The number of halogens is 3. The number of carboxylic acids is 1. The molecular formula is C19H30F3N3O4. The van der Waals surface area contributed by atoms with Crippen molar-refractivity contribution in [2.75, 3.05) is 26.4 Å². The Kier molecular flexibility index (Phi) is 8.47. The molecule has 0 amide bonds. The topological polar surface area (TPSA) is 76.8 Å². The normalized spacial score (nSPS) is 20.9. The fourth-order valence-corrected chi connectivity index (χ4v) is 3.64. The number of fused-ring (bicyclic) bond motifs is 1. The molecule has 10 heteroatoms. The number of carboxylic acid groups (broad SMARTS) is 1. The van der Waals surface area contributed by atoms with Gasteiger partial charge in [-0.1, -0.05) is 0 Å². The summed E-state index contributed by atoms with van der Waals surface area (Å²) in [6.07, 6.45) is -0.824. The van der Waals surface area contributed by atoms with Gasteiger partial charge in [0.1, 0.15) is 5.82 Å². The number of hydrogen-bond acceptors (Lipinski definition) is 5. The van der Waals surface area contributed by atoms with Crippen molar-refractivity contribution >= 4 is 5.97 Å². The first-order valence-corrected chi connectivity index (χ1v) is 9.86. The second-order valence-corrected chi connectivity index (χ2v) is 7.64. The third-order valence-electron chi connectivity index (χ3n) is 5.27. The van der Waals surface area contributed by atoms with Crippen LogP contribution in [0.4, 0.5) is 13.2 Å². The monoisotopic (exact) mass is 421 g/mol. The quantitative estimate of drug-likeness (QED) is 0.787. The zero-order valence-corrected chi connectivity index (χ0v) is 17.1. The molecule has 1 unspecified atom stereocenters. The molecule has 2 aliphatic rings. The van der Waals surface area contributed by atoms with Gasteiger partial charge in [0.2, 0.25) is 0 Å². The van der Waals surface area contributed by atoms with E-state index in [9.17, 15) is 13.2 Å². The number of aromatic nitrogens is 2. The van der Waals surface area contributed by atoms with E-state index in [2.05, 4.69) is 35.2 Å². The molecule has 166 valence electrons. The molecule has 0 aliphatic carbocycles. The summed E-state index contributed by atoms with van der Waals surface area (Å²) in [6, 6.07) is 0.951. The lowest BCUT2D eigenvalue weighted by Crippen LogP contribution is -2.41. The van der Waals surface area contributed by atoms with Gasteiger partial charge in [-0.25, -0.2) is 9.78 Å². The standard InChI is InChI=1S/C17H29N3O2.C2HF3O2/c1-13(2)19-6-7-20-16(10-18-17(20)14(19)3)12-22-11-15-4-8-21-9-5-15;3-2(4,5)1(6)7/h10,13-15H,4-9,11-12H2,1-3H3;(H,6,7). The van der Waals surface area contributed by atoms with E-state index in [1.807, 2.05) is 6.20 Å². The largest absolute Gasteiger partial charge is 0.490 e. The van der Waals surface area contributed by atoms with Gasteiger partial charge in [-0.2, -0.15) is 13.2 Å². The summed E-state index contributed by atoms with van der Waals surface area (Å²) in [6.45, 7) is 12.2. The zero-order valence-electron chi connectivity index (χ0n) is 17.1. The second-order valence-electron chi connectivity index (χ2n) is 7.64. The minimum atomic E-state index is -5.08. The van der Waals surface area contributed by atoms with Crippen molar-refractivity contribution in [2.24, 2.45) is 5.92 Å². The number of rotatable bonds is 5. The fourth-order valence-electron chi connectivity index (χ4n) is 3.64. The van der Waals surface area contributed by atoms with Crippen molar-refractivity contribution < 1.29 is 32.5 Å². The Balaban J connectivity index is 0.000000370. The molecule has 0 aromatic carbocycles. The van der Waals surface area contributed by atoms with Gasteiger partial charge in [0.25, 0.3) is 0 Å². The highest BCUT2D eigenvalue weighted by Crippen LogP contribution is 2.27. The molecule has 0 radical (unpaired) electrons. The highest BCUT2D eigenvalue weighted by molar-refractivity contribution is 5.73. The van der Waals surface area contributed by atoms with Crippen LogP contribution in [0.3, 0.4) is 0 Å². The van der Waals surface area contributed by atoms with Gasteiger partial charge in [0, 0.05) is 32.3 Å². The van der Waals surface area contributed by atoms with Gasteiger partial charge in [-0.05, 0) is 39.5 Å². The van der Waals surface area contributed by atoms with E-state index in [1.165, 1.54) is 11.5 Å². The number of alkyl halides is 3. The second kappa shape index (κ2) is 10.4. The van der Waals surface area contributed by atoms with Gasteiger partial charge in [-0.3, -0.25) is 4.90 Å². The summed E-state index contributed by atoms with van der Waals surface area (Å²) >= 11 is 0. The van der Waals surface area contributed by atoms with Gasteiger partial charge < -0.3 is 19.1 Å². The summed E-state index contributed by atoms with van der Waals surface area (Å²) in [5.74, 6) is -0.912. The molecule has 3 heterocycles. The molecule has 1 saturated heterocycles. The van der Waals surface area contributed by atoms with E-state index in [-0.39, 0.29) is 0 Å².